The van der Waals surface area contributed by atoms with Gasteiger partial charge in [-0.05, 0) is 45.0 Å². The minimum absolute atomic E-state index is 0.0275. The molecule has 25 heavy (non-hydrogen) atoms. The summed E-state index contributed by atoms with van der Waals surface area (Å²) in [4.78, 5) is 12.9. The zero-order chi connectivity index (χ0) is 18.4. The molecular weight excluding hydrogens is 362 g/mol. The van der Waals surface area contributed by atoms with E-state index >= 15 is 0 Å². The van der Waals surface area contributed by atoms with Gasteiger partial charge in [0.1, 0.15) is 5.60 Å². The number of fused-ring (bicyclic) bond motifs is 1. The molecule has 0 radical (unpaired) electrons. The lowest BCUT2D eigenvalue weighted by atomic mass is 10.1. The predicted molar refractivity (Wildman–Crippen MR) is 96.1 cm³/mol. The van der Waals surface area contributed by atoms with Crippen molar-refractivity contribution in [1.82, 2.24) is 0 Å². The number of carbonyl (C=O) groups excluding carboxylic acids is 1. The number of rotatable bonds is 2. The van der Waals surface area contributed by atoms with E-state index in [2.05, 4.69) is 0 Å². The molecule has 0 aliphatic carbocycles. The number of sulfonamides is 1. The van der Waals surface area contributed by atoms with Gasteiger partial charge in [0.2, 0.25) is 0 Å². The molecule has 0 amide bonds. The Morgan fingerprint density at radius 1 is 1.08 bits per heavy atom. The van der Waals surface area contributed by atoms with Gasteiger partial charge in [0.05, 0.1) is 10.6 Å². The summed E-state index contributed by atoms with van der Waals surface area (Å²) in [6.07, 6.45) is 0. The van der Waals surface area contributed by atoms with E-state index in [1.165, 1.54) is 6.07 Å². The molecule has 2 aromatic carbocycles. The Kier molecular flexibility index (Phi) is 4.29. The summed E-state index contributed by atoms with van der Waals surface area (Å²) in [7, 11) is -3.92. The van der Waals surface area contributed by atoms with Crippen LogP contribution in [0.5, 0.6) is 0 Å². The average Bonchev–Trinajstić information content (AvgIpc) is 2.76. The van der Waals surface area contributed by atoms with Crippen molar-refractivity contribution in [3.63, 3.8) is 0 Å². The fraction of sp³-hybridized carbons (Fsp3) is 0.278. The average molecular weight is 380 g/mol. The number of anilines is 1. The van der Waals surface area contributed by atoms with Crippen LogP contribution in [0.2, 0.25) is 5.02 Å². The topological polar surface area (TPSA) is 63.7 Å². The largest absolute Gasteiger partial charge is 0.458 e. The van der Waals surface area contributed by atoms with Crippen LogP contribution in [0.15, 0.2) is 53.4 Å². The first-order chi connectivity index (χ1) is 11.6. The maximum absolute atomic E-state index is 13.1. The van der Waals surface area contributed by atoms with Gasteiger partial charge in [-0.2, -0.15) is 0 Å². The third-order valence-electron chi connectivity index (χ3n) is 3.70. The first kappa shape index (κ1) is 17.8. The lowest BCUT2D eigenvalue weighted by Crippen LogP contribution is -2.37. The highest BCUT2D eigenvalue weighted by molar-refractivity contribution is 7.93. The number of benzene rings is 2. The standard InChI is InChI=1S/C18H18ClNO4S/c1-18(2,3)24-17(21)16-15-13(19)10-7-11-14(15)25(22,23)20(16)12-8-5-4-6-9-12/h4-11,16H,1-3H3. The lowest BCUT2D eigenvalue weighted by Gasteiger charge is -2.28. The third kappa shape index (κ3) is 3.12. The van der Waals surface area contributed by atoms with Crippen LogP contribution in [-0.2, 0) is 19.6 Å². The number of nitrogens with zero attached hydrogens (tertiary/aromatic N) is 1. The maximum Gasteiger partial charge on any atom is 0.335 e. The van der Waals surface area contributed by atoms with Crippen molar-refractivity contribution in [3.8, 4) is 0 Å². The molecule has 132 valence electrons. The summed E-state index contributed by atoms with van der Waals surface area (Å²) in [6.45, 7) is 5.19. The third-order valence-corrected chi connectivity index (χ3v) is 5.88. The fourth-order valence-corrected chi connectivity index (χ4v) is 4.97. The molecule has 1 aliphatic heterocycles. The van der Waals surface area contributed by atoms with E-state index in [4.69, 9.17) is 16.3 Å². The molecule has 5 nitrogen and oxygen atoms in total. The second kappa shape index (κ2) is 6.04. The number of hydrogen-bond acceptors (Lipinski definition) is 4. The van der Waals surface area contributed by atoms with E-state index in [9.17, 15) is 13.2 Å². The SMILES string of the molecule is CC(C)(C)OC(=O)C1c2c(Cl)cccc2S(=O)(=O)N1c1ccccc1. The molecule has 0 aromatic heterocycles. The Morgan fingerprint density at radius 3 is 2.32 bits per heavy atom. The van der Waals surface area contributed by atoms with Crippen LogP contribution in [-0.4, -0.2) is 20.0 Å². The molecule has 0 spiro atoms. The van der Waals surface area contributed by atoms with Crippen LogP contribution < -0.4 is 4.31 Å². The number of carbonyl (C=O) groups is 1. The molecule has 0 N–H and O–H groups in total. The van der Waals surface area contributed by atoms with Gasteiger partial charge in [0.15, 0.2) is 6.04 Å². The lowest BCUT2D eigenvalue weighted by molar-refractivity contribution is -0.156. The Hall–Kier alpha value is -2.05. The molecule has 7 heteroatoms. The molecule has 1 unspecified atom stereocenters. The van der Waals surface area contributed by atoms with E-state index in [0.29, 0.717) is 5.69 Å². The molecule has 1 aliphatic rings. The van der Waals surface area contributed by atoms with Gasteiger partial charge in [-0.3, -0.25) is 0 Å². The van der Waals surface area contributed by atoms with E-state index in [1.807, 2.05) is 0 Å². The highest BCUT2D eigenvalue weighted by Gasteiger charge is 2.49. The summed E-state index contributed by atoms with van der Waals surface area (Å²) in [5.74, 6) is -0.660. The van der Waals surface area contributed by atoms with Gasteiger partial charge >= 0.3 is 5.97 Å². The van der Waals surface area contributed by atoms with Crippen LogP contribution >= 0.6 is 11.6 Å². The van der Waals surface area contributed by atoms with E-state index < -0.39 is 27.6 Å². The summed E-state index contributed by atoms with van der Waals surface area (Å²) in [6, 6.07) is 11.9. The monoisotopic (exact) mass is 379 g/mol. The molecule has 0 bridgehead atoms. The summed E-state index contributed by atoms with van der Waals surface area (Å²) in [5.41, 5.74) is -0.124. The van der Waals surface area contributed by atoms with Gasteiger partial charge < -0.3 is 4.74 Å². The highest BCUT2D eigenvalue weighted by atomic mass is 35.5. The number of para-hydroxylation sites is 1. The molecule has 1 heterocycles. The normalized spacial score (nSPS) is 18.7. The van der Waals surface area contributed by atoms with Crippen molar-refractivity contribution in [2.75, 3.05) is 4.31 Å². The van der Waals surface area contributed by atoms with E-state index in [-0.39, 0.29) is 15.5 Å². The summed E-state index contributed by atoms with van der Waals surface area (Å²) in [5, 5.41) is 0.218. The first-order valence-electron chi connectivity index (χ1n) is 7.74. The molecule has 0 saturated heterocycles. The van der Waals surface area contributed by atoms with Crippen LogP contribution in [0.1, 0.15) is 32.4 Å². The van der Waals surface area contributed by atoms with Gasteiger partial charge in [-0.1, -0.05) is 35.9 Å². The second-order valence-corrected chi connectivity index (χ2v) is 8.91. The molecule has 2 aromatic rings. The van der Waals surface area contributed by atoms with Crippen molar-refractivity contribution < 1.29 is 17.9 Å². The highest BCUT2D eigenvalue weighted by Crippen LogP contribution is 2.46. The molecule has 0 saturated carbocycles. The number of halogens is 1. The maximum atomic E-state index is 13.1. The summed E-state index contributed by atoms with van der Waals surface area (Å²) < 4.78 is 32.7. The van der Waals surface area contributed by atoms with Crippen molar-refractivity contribution in [2.45, 2.75) is 37.3 Å². The minimum atomic E-state index is -3.92. The molecular formula is C18H18ClNO4S. The Labute approximate surface area is 152 Å². The van der Waals surface area contributed by atoms with Gasteiger partial charge in [0.25, 0.3) is 10.0 Å². The zero-order valence-electron chi connectivity index (χ0n) is 14.1. The fourth-order valence-electron chi connectivity index (χ4n) is 2.80. The number of ether oxygens (including phenoxy) is 1. The molecule has 0 fully saturated rings. The second-order valence-electron chi connectivity index (χ2n) is 6.72. The van der Waals surface area contributed by atoms with Crippen molar-refractivity contribution >= 4 is 33.3 Å². The van der Waals surface area contributed by atoms with Crippen molar-refractivity contribution in [1.29, 1.82) is 0 Å². The van der Waals surface area contributed by atoms with Gasteiger partial charge in [-0.15, -0.1) is 0 Å². The van der Waals surface area contributed by atoms with E-state index in [0.717, 1.165) is 4.31 Å². The van der Waals surface area contributed by atoms with Crippen LogP contribution in [0.3, 0.4) is 0 Å². The number of hydrogen-bond donors (Lipinski definition) is 0. The number of esters is 1. The Bertz CT molecular complexity index is 920. The first-order valence-corrected chi connectivity index (χ1v) is 9.55. The van der Waals surface area contributed by atoms with Gasteiger partial charge in [0, 0.05) is 10.6 Å². The smallest absolute Gasteiger partial charge is 0.335 e. The quantitative estimate of drug-likeness (QED) is 0.741. The zero-order valence-corrected chi connectivity index (χ0v) is 15.6. The van der Waals surface area contributed by atoms with Crippen LogP contribution in [0, 0.1) is 0 Å². The van der Waals surface area contributed by atoms with Crippen LogP contribution in [0.4, 0.5) is 5.69 Å². The Balaban J connectivity index is 2.23. The van der Waals surface area contributed by atoms with E-state index in [1.54, 1.807) is 63.2 Å². The van der Waals surface area contributed by atoms with Gasteiger partial charge in [-0.25, -0.2) is 17.5 Å². The Morgan fingerprint density at radius 2 is 1.72 bits per heavy atom. The predicted octanol–water partition coefficient (Wildman–Crippen LogP) is 3.93. The minimum Gasteiger partial charge on any atom is -0.458 e. The van der Waals surface area contributed by atoms with Crippen LogP contribution in [0.25, 0.3) is 0 Å². The van der Waals surface area contributed by atoms with Crippen molar-refractivity contribution in [2.24, 2.45) is 0 Å². The molecule has 3 rings (SSSR count). The summed E-state index contributed by atoms with van der Waals surface area (Å²) >= 11 is 6.26. The van der Waals surface area contributed by atoms with Crippen molar-refractivity contribution in [3.05, 3.63) is 59.1 Å². The molecule has 1 atom stereocenters.